The molecule has 114 valence electrons. The van der Waals surface area contributed by atoms with Crippen molar-refractivity contribution in [3.8, 4) is 0 Å². The Bertz CT molecular complexity index is 799. The Morgan fingerprint density at radius 2 is 1.68 bits per heavy atom. The number of rotatable bonds is 3. The lowest BCUT2D eigenvalue weighted by Gasteiger charge is -2.09. The van der Waals surface area contributed by atoms with Crippen LogP contribution in [0.25, 0.3) is 10.9 Å². The van der Waals surface area contributed by atoms with E-state index in [4.69, 9.17) is 0 Å². The van der Waals surface area contributed by atoms with E-state index in [1.54, 1.807) is 6.20 Å². The summed E-state index contributed by atoms with van der Waals surface area (Å²) in [6, 6.07) is 11.9. The molecule has 1 aromatic heterocycles. The minimum absolute atomic E-state index is 0.607. The fourth-order valence-corrected chi connectivity index (χ4v) is 2.78. The van der Waals surface area contributed by atoms with Gasteiger partial charge in [-0.2, -0.15) is 13.2 Å². The Morgan fingerprint density at radius 3 is 2.36 bits per heavy atom. The average molecular weight is 303 g/mol. The van der Waals surface area contributed by atoms with Gasteiger partial charge in [-0.15, -0.1) is 0 Å². The third-order valence-electron chi connectivity index (χ3n) is 3.97. The summed E-state index contributed by atoms with van der Waals surface area (Å²) in [6.07, 6.45) is -0.973. The molecule has 1 N–H and O–H groups in total. The summed E-state index contributed by atoms with van der Waals surface area (Å²) in [5.74, 6) is 0. The number of fused-ring (bicyclic) bond motifs is 1. The van der Waals surface area contributed by atoms with Gasteiger partial charge in [-0.05, 0) is 47.7 Å². The zero-order valence-electron chi connectivity index (χ0n) is 12.2. The van der Waals surface area contributed by atoms with Crippen molar-refractivity contribution in [2.75, 3.05) is 0 Å². The lowest BCUT2D eigenvalue weighted by atomic mass is 9.97. The molecule has 0 spiro atoms. The number of aryl methyl sites for hydroxylation is 1. The van der Waals surface area contributed by atoms with Crippen LogP contribution in [0.15, 0.2) is 48.7 Å². The van der Waals surface area contributed by atoms with E-state index in [2.05, 4.69) is 18.0 Å². The number of alkyl halides is 3. The van der Waals surface area contributed by atoms with Crippen LogP contribution in [0.5, 0.6) is 0 Å². The number of aromatic amines is 1. The number of H-pyrrole nitrogens is 1. The van der Waals surface area contributed by atoms with E-state index >= 15 is 0 Å². The molecule has 0 fully saturated rings. The van der Waals surface area contributed by atoms with Crippen LogP contribution in [0, 0.1) is 0 Å². The lowest BCUT2D eigenvalue weighted by Crippen LogP contribution is -2.04. The summed E-state index contributed by atoms with van der Waals surface area (Å²) in [7, 11) is 0. The van der Waals surface area contributed by atoms with Gasteiger partial charge >= 0.3 is 6.18 Å². The molecule has 3 rings (SSSR count). The number of nitrogens with one attached hydrogen (secondary N) is 1. The molecule has 0 saturated heterocycles. The summed E-state index contributed by atoms with van der Waals surface area (Å²) in [5.41, 5.74) is 3.40. The maximum atomic E-state index is 12.9. The summed E-state index contributed by atoms with van der Waals surface area (Å²) >= 11 is 0. The minimum atomic E-state index is -4.32. The van der Waals surface area contributed by atoms with Gasteiger partial charge in [-0.3, -0.25) is 0 Å². The monoisotopic (exact) mass is 303 g/mol. The second-order valence-corrected chi connectivity index (χ2v) is 5.37. The number of aromatic nitrogens is 1. The van der Waals surface area contributed by atoms with E-state index < -0.39 is 11.7 Å². The van der Waals surface area contributed by atoms with Crippen molar-refractivity contribution >= 4 is 10.9 Å². The molecule has 4 heteroatoms. The van der Waals surface area contributed by atoms with Crippen molar-refractivity contribution < 1.29 is 13.2 Å². The quantitative estimate of drug-likeness (QED) is 0.672. The van der Waals surface area contributed by atoms with Crippen molar-refractivity contribution in [1.82, 2.24) is 4.98 Å². The molecule has 2 aromatic carbocycles. The van der Waals surface area contributed by atoms with E-state index in [1.807, 2.05) is 18.2 Å². The molecular weight excluding hydrogens is 287 g/mol. The van der Waals surface area contributed by atoms with E-state index in [-0.39, 0.29) is 0 Å². The van der Waals surface area contributed by atoms with Gasteiger partial charge < -0.3 is 4.98 Å². The summed E-state index contributed by atoms with van der Waals surface area (Å²) in [4.78, 5) is 3.06. The minimum Gasteiger partial charge on any atom is -0.361 e. The van der Waals surface area contributed by atoms with Crippen LogP contribution in [0.4, 0.5) is 13.2 Å². The van der Waals surface area contributed by atoms with Gasteiger partial charge in [0, 0.05) is 17.1 Å². The molecule has 3 aromatic rings. The fraction of sp³-hybridized carbons (Fsp3) is 0.222. The van der Waals surface area contributed by atoms with Crippen LogP contribution in [-0.4, -0.2) is 4.98 Å². The van der Waals surface area contributed by atoms with Crippen molar-refractivity contribution in [3.05, 3.63) is 70.9 Å². The second-order valence-electron chi connectivity index (χ2n) is 5.37. The molecule has 0 unspecified atom stereocenters. The van der Waals surface area contributed by atoms with Crippen molar-refractivity contribution in [3.63, 3.8) is 0 Å². The average Bonchev–Trinajstić information content (AvgIpc) is 2.89. The van der Waals surface area contributed by atoms with Crippen LogP contribution in [0.2, 0.25) is 0 Å². The third kappa shape index (κ3) is 2.73. The number of hydrogen-bond acceptors (Lipinski definition) is 0. The summed E-state index contributed by atoms with van der Waals surface area (Å²) < 4.78 is 38.7. The zero-order valence-corrected chi connectivity index (χ0v) is 12.2. The highest BCUT2D eigenvalue weighted by Gasteiger charge is 2.30. The van der Waals surface area contributed by atoms with Crippen molar-refractivity contribution in [2.24, 2.45) is 0 Å². The van der Waals surface area contributed by atoms with E-state index in [9.17, 15) is 13.2 Å². The number of halogens is 3. The van der Waals surface area contributed by atoms with Gasteiger partial charge in [-0.25, -0.2) is 0 Å². The molecule has 0 atom stereocenters. The Labute approximate surface area is 126 Å². The summed E-state index contributed by atoms with van der Waals surface area (Å²) in [6.45, 7) is 2.08. The van der Waals surface area contributed by atoms with Crippen LogP contribution < -0.4 is 0 Å². The smallest absolute Gasteiger partial charge is 0.361 e. The van der Waals surface area contributed by atoms with Gasteiger partial charge in [-0.1, -0.05) is 31.2 Å². The van der Waals surface area contributed by atoms with Crippen LogP contribution in [0.1, 0.15) is 29.2 Å². The number of hydrogen-bond donors (Lipinski definition) is 1. The lowest BCUT2D eigenvalue weighted by molar-refractivity contribution is -0.137. The summed E-state index contributed by atoms with van der Waals surface area (Å²) in [5, 5.41) is 0.640. The molecule has 0 bridgehead atoms. The van der Waals surface area contributed by atoms with E-state index in [0.717, 1.165) is 29.1 Å². The third-order valence-corrected chi connectivity index (χ3v) is 3.97. The maximum Gasteiger partial charge on any atom is 0.416 e. The molecule has 22 heavy (non-hydrogen) atoms. The molecule has 0 aliphatic rings. The van der Waals surface area contributed by atoms with E-state index in [0.29, 0.717) is 11.8 Å². The highest BCUT2D eigenvalue weighted by molar-refractivity contribution is 5.84. The standard InChI is InChI=1S/C18H16F3N/c1-2-12-5-3-4-6-13(12)9-14-11-22-17-8-7-15(10-16(14)17)18(19,20)21/h3-8,10-11,22H,2,9H2,1H3. The first-order valence-corrected chi connectivity index (χ1v) is 7.23. The Balaban J connectivity index is 2.04. The van der Waals surface area contributed by atoms with Gasteiger partial charge in [0.2, 0.25) is 0 Å². The molecule has 0 amide bonds. The maximum absolute atomic E-state index is 12.9. The first-order chi connectivity index (χ1) is 10.5. The van der Waals surface area contributed by atoms with Gasteiger partial charge in [0.15, 0.2) is 0 Å². The van der Waals surface area contributed by atoms with Crippen LogP contribution in [-0.2, 0) is 19.0 Å². The Morgan fingerprint density at radius 1 is 0.955 bits per heavy atom. The van der Waals surface area contributed by atoms with E-state index in [1.165, 1.54) is 17.7 Å². The molecule has 1 nitrogen and oxygen atoms in total. The Hall–Kier alpha value is -2.23. The van der Waals surface area contributed by atoms with Crippen LogP contribution >= 0.6 is 0 Å². The molecule has 0 aliphatic carbocycles. The molecule has 0 saturated carbocycles. The van der Waals surface area contributed by atoms with Gasteiger partial charge in [0.25, 0.3) is 0 Å². The largest absolute Gasteiger partial charge is 0.416 e. The number of benzene rings is 2. The molecular formula is C18H16F3N. The predicted molar refractivity (Wildman–Crippen MR) is 81.9 cm³/mol. The predicted octanol–water partition coefficient (Wildman–Crippen LogP) is 5.34. The highest BCUT2D eigenvalue weighted by atomic mass is 19.4. The topological polar surface area (TPSA) is 15.8 Å². The van der Waals surface area contributed by atoms with Crippen LogP contribution in [0.3, 0.4) is 0 Å². The zero-order chi connectivity index (χ0) is 15.7. The first-order valence-electron chi connectivity index (χ1n) is 7.23. The first kappa shape index (κ1) is 14.7. The van der Waals surface area contributed by atoms with Crippen molar-refractivity contribution in [2.45, 2.75) is 25.9 Å². The fourth-order valence-electron chi connectivity index (χ4n) is 2.78. The molecule has 0 aliphatic heterocycles. The Kier molecular flexibility index (Phi) is 3.69. The molecule has 1 heterocycles. The molecule has 0 radical (unpaired) electrons. The SMILES string of the molecule is CCc1ccccc1Cc1c[nH]c2ccc(C(F)(F)F)cc12. The normalized spacial score (nSPS) is 12.0. The second kappa shape index (κ2) is 5.52. The van der Waals surface area contributed by atoms with Gasteiger partial charge in [0.1, 0.15) is 0 Å². The highest BCUT2D eigenvalue weighted by Crippen LogP contribution is 2.33. The van der Waals surface area contributed by atoms with Crippen molar-refractivity contribution in [1.29, 1.82) is 0 Å². The van der Waals surface area contributed by atoms with Gasteiger partial charge in [0.05, 0.1) is 5.56 Å².